The molecule has 0 amide bonds. The van der Waals surface area contributed by atoms with Crippen LogP contribution in [0.1, 0.15) is 51.5 Å². The van der Waals surface area contributed by atoms with Gasteiger partial charge in [0.15, 0.2) is 12.4 Å². The van der Waals surface area contributed by atoms with Gasteiger partial charge >= 0.3 is 0 Å². The van der Waals surface area contributed by atoms with E-state index in [1.165, 1.54) is 6.92 Å². The molecule has 0 atom stereocenters. The molecule has 118 valence electrons. The van der Waals surface area contributed by atoms with E-state index in [1.807, 2.05) is 13.0 Å². The van der Waals surface area contributed by atoms with E-state index in [4.69, 9.17) is 10.00 Å². The Kier molecular flexibility index (Phi) is 4.97. The third-order valence-corrected chi connectivity index (χ3v) is 3.61. The third-order valence-electron chi connectivity index (χ3n) is 3.61. The third kappa shape index (κ3) is 3.49. The number of ether oxygens (including phenoxy) is 1. The summed E-state index contributed by atoms with van der Waals surface area (Å²) in [5, 5.41) is 8.86. The van der Waals surface area contributed by atoms with E-state index >= 15 is 0 Å². The summed E-state index contributed by atoms with van der Waals surface area (Å²) >= 11 is 0. The van der Waals surface area contributed by atoms with E-state index in [2.05, 4.69) is 4.98 Å². The monoisotopic (exact) mass is 310 g/mol. The zero-order chi connectivity index (χ0) is 17.0. The Labute approximate surface area is 134 Å². The summed E-state index contributed by atoms with van der Waals surface area (Å²) in [5.41, 5.74) is 2.91. The molecule has 23 heavy (non-hydrogen) atoms. The first-order chi connectivity index (χ1) is 11.0. The number of Topliss-reactive ketones (excluding diaryl/α,β-unsaturated/α-hetero) is 2. The molecule has 0 spiro atoms. The molecule has 5 nitrogen and oxygen atoms in total. The number of benzene rings is 1. The fourth-order valence-corrected chi connectivity index (χ4v) is 2.62. The minimum Gasteiger partial charge on any atom is -0.485 e. The summed E-state index contributed by atoms with van der Waals surface area (Å²) < 4.78 is 5.47. The fraction of sp³-hybridized carbons (Fsp3) is 0.278. The minimum atomic E-state index is -0.222. The van der Waals surface area contributed by atoms with E-state index in [0.717, 1.165) is 5.56 Å². The van der Waals surface area contributed by atoms with Crippen LogP contribution in [0.25, 0.3) is 0 Å². The number of aromatic amines is 1. The molecule has 1 aromatic carbocycles. The lowest BCUT2D eigenvalue weighted by Gasteiger charge is -2.06. The Morgan fingerprint density at radius 3 is 2.70 bits per heavy atom. The van der Waals surface area contributed by atoms with E-state index in [9.17, 15) is 9.59 Å². The molecule has 0 saturated carbocycles. The van der Waals surface area contributed by atoms with Crippen LogP contribution in [-0.4, -0.2) is 23.2 Å². The summed E-state index contributed by atoms with van der Waals surface area (Å²) in [6, 6.07) is 8.65. The van der Waals surface area contributed by atoms with Gasteiger partial charge in [0.2, 0.25) is 5.78 Å². The molecule has 0 aliphatic heterocycles. The maximum atomic E-state index is 12.4. The van der Waals surface area contributed by atoms with Gasteiger partial charge in [0.25, 0.3) is 0 Å². The van der Waals surface area contributed by atoms with Gasteiger partial charge in [-0.05, 0) is 44.0 Å². The molecule has 2 aromatic rings. The van der Waals surface area contributed by atoms with Crippen molar-refractivity contribution in [3.05, 3.63) is 52.3 Å². The van der Waals surface area contributed by atoms with Crippen LogP contribution < -0.4 is 4.74 Å². The van der Waals surface area contributed by atoms with Crippen molar-refractivity contribution in [3.63, 3.8) is 0 Å². The number of rotatable bonds is 6. The largest absolute Gasteiger partial charge is 0.485 e. The first-order valence-electron chi connectivity index (χ1n) is 7.36. The van der Waals surface area contributed by atoms with Gasteiger partial charge in [-0.2, -0.15) is 5.26 Å². The first-order valence-corrected chi connectivity index (χ1v) is 7.36. The maximum absolute atomic E-state index is 12.4. The number of ketones is 2. The van der Waals surface area contributed by atoms with Crippen LogP contribution in [0.5, 0.6) is 5.75 Å². The van der Waals surface area contributed by atoms with Crippen molar-refractivity contribution in [3.8, 4) is 11.8 Å². The van der Waals surface area contributed by atoms with Crippen molar-refractivity contribution in [1.29, 1.82) is 5.26 Å². The Morgan fingerprint density at radius 2 is 2.09 bits per heavy atom. The fourth-order valence-electron chi connectivity index (χ4n) is 2.62. The van der Waals surface area contributed by atoms with Crippen molar-refractivity contribution in [2.45, 2.75) is 27.2 Å². The van der Waals surface area contributed by atoms with Gasteiger partial charge in [-0.25, -0.2) is 0 Å². The molecule has 1 heterocycles. The lowest BCUT2D eigenvalue weighted by Crippen LogP contribution is -2.14. The standard InChI is InChI=1S/C18H18N2O3/c1-4-15-17(12(3)21)11(2)20-18(15)16(22)10-23-14-7-5-6-13(8-14)9-19/h5-8,20H,4,10H2,1-3H3. The molecule has 0 bridgehead atoms. The van der Waals surface area contributed by atoms with E-state index in [-0.39, 0.29) is 18.2 Å². The number of nitrogens with zero attached hydrogens (tertiary/aromatic N) is 1. The van der Waals surface area contributed by atoms with Crippen LogP contribution >= 0.6 is 0 Å². The maximum Gasteiger partial charge on any atom is 0.216 e. The second kappa shape index (κ2) is 6.93. The van der Waals surface area contributed by atoms with Crippen LogP contribution in [0.3, 0.4) is 0 Å². The van der Waals surface area contributed by atoms with Crippen molar-refractivity contribution in [2.75, 3.05) is 6.61 Å². The average molecular weight is 310 g/mol. The lowest BCUT2D eigenvalue weighted by atomic mass is 10.0. The van der Waals surface area contributed by atoms with Gasteiger partial charge in [0, 0.05) is 11.3 Å². The number of carbonyl (C=O) groups excluding carboxylic acids is 2. The topological polar surface area (TPSA) is 82.9 Å². The molecule has 5 heteroatoms. The normalized spacial score (nSPS) is 10.2. The smallest absolute Gasteiger partial charge is 0.216 e. The Balaban J connectivity index is 2.20. The number of carbonyl (C=O) groups is 2. The Morgan fingerprint density at radius 1 is 1.35 bits per heavy atom. The molecule has 0 saturated heterocycles. The molecular weight excluding hydrogens is 292 g/mol. The van der Waals surface area contributed by atoms with Crippen molar-refractivity contribution in [2.24, 2.45) is 0 Å². The number of nitrogens with one attached hydrogen (secondary N) is 1. The average Bonchev–Trinajstić information content (AvgIpc) is 2.89. The number of hydrogen-bond donors (Lipinski definition) is 1. The molecule has 0 aliphatic carbocycles. The second-order valence-electron chi connectivity index (χ2n) is 5.24. The van der Waals surface area contributed by atoms with Crippen molar-refractivity contribution < 1.29 is 14.3 Å². The van der Waals surface area contributed by atoms with Gasteiger partial charge < -0.3 is 9.72 Å². The molecule has 1 N–H and O–H groups in total. The highest BCUT2D eigenvalue weighted by atomic mass is 16.5. The van der Waals surface area contributed by atoms with Crippen LogP contribution in [0.4, 0.5) is 0 Å². The molecule has 0 fully saturated rings. The highest BCUT2D eigenvalue weighted by Crippen LogP contribution is 2.21. The van der Waals surface area contributed by atoms with Crippen LogP contribution in [0.15, 0.2) is 24.3 Å². The zero-order valence-corrected chi connectivity index (χ0v) is 13.4. The molecule has 0 unspecified atom stereocenters. The highest BCUT2D eigenvalue weighted by molar-refractivity contribution is 6.03. The van der Waals surface area contributed by atoms with Gasteiger partial charge in [-0.1, -0.05) is 13.0 Å². The molecular formula is C18H18N2O3. The van der Waals surface area contributed by atoms with E-state index < -0.39 is 0 Å². The van der Waals surface area contributed by atoms with E-state index in [1.54, 1.807) is 31.2 Å². The summed E-state index contributed by atoms with van der Waals surface area (Å²) in [5.74, 6) is 0.183. The van der Waals surface area contributed by atoms with Gasteiger partial charge in [-0.3, -0.25) is 9.59 Å². The Hall–Kier alpha value is -2.87. The number of aryl methyl sites for hydroxylation is 1. The first kappa shape index (κ1) is 16.5. The predicted octanol–water partition coefficient (Wildman–Crippen LogP) is 3.22. The van der Waals surface area contributed by atoms with Crippen LogP contribution in [0, 0.1) is 18.3 Å². The van der Waals surface area contributed by atoms with E-state index in [0.29, 0.717) is 34.7 Å². The predicted molar refractivity (Wildman–Crippen MR) is 85.9 cm³/mol. The summed E-state index contributed by atoms with van der Waals surface area (Å²) in [6.07, 6.45) is 0.588. The number of aromatic nitrogens is 1. The zero-order valence-electron chi connectivity index (χ0n) is 13.4. The second-order valence-corrected chi connectivity index (χ2v) is 5.24. The summed E-state index contributed by atoms with van der Waals surface area (Å²) in [7, 11) is 0. The molecule has 0 aliphatic rings. The SMILES string of the molecule is CCc1c(C(=O)COc2cccc(C#N)c2)[nH]c(C)c1C(C)=O. The lowest BCUT2D eigenvalue weighted by molar-refractivity contribution is 0.0916. The van der Waals surface area contributed by atoms with Crippen LogP contribution in [-0.2, 0) is 6.42 Å². The number of H-pyrrole nitrogens is 1. The van der Waals surface area contributed by atoms with Gasteiger partial charge in [0.1, 0.15) is 5.75 Å². The Bertz CT molecular complexity index is 797. The number of nitriles is 1. The molecule has 0 radical (unpaired) electrons. The minimum absolute atomic E-state index is 0.0581. The summed E-state index contributed by atoms with van der Waals surface area (Å²) in [4.78, 5) is 27.1. The highest BCUT2D eigenvalue weighted by Gasteiger charge is 2.21. The van der Waals surface area contributed by atoms with Crippen LogP contribution in [0.2, 0.25) is 0 Å². The van der Waals surface area contributed by atoms with Crippen molar-refractivity contribution in [1.82, 2.24) is 4.98 Å². The van der Waals surface area contributed by atoms with Gasteiger partial charge in [0.05, 0.1) is 17.3 Å². The summed E-state index contributed by atoms with van der Waals surface area (Å²) in [6.45, 7) is 5.03. The molecule has 2 rings (SSSR count). The van der Waals surface area contributed by atoms with Crippen molar-refractivity contribution >= 4 is 11.6 Å². The van der Waals surface area contributed by atoms with Gasteiger partial charge in [-0.15, -0.1) is 0 Å². The molecule has 1 aromatic heterocycles. The number of hydrogen-bond acceptors (Lipinski definition) is 4. The quantitative estimate of drug-likeness (QED) is 0.830.